The number of nitrogens with zero attached hydrogens (tertiary/aromatic N) is 1. The van der Waals surface area contributed by atoms with Crippen LogP contribution in [0.2, 0.25) is 0 Å². The van der Waals surface area contributed by atoms with Gasteiger partial charge in [-0.1, -0.05) is 18.2 Å². The van der Waals surface area contributed by atoms with Crippen LogP contribution in [0.3, 0.4) is 0 Å². The van der Waals surface area contributed by atoms with Crippen molar-refractivity contribution in [3.63, 3.8) is 0 Å². The summed E-state index contributed by atoms with van der Waals surface area (Å²) in [6.07, 6.45) is 2.21. The van der Waals surface area contributed by atoms with Crippen molar-refractivity contribution in [2.24, 2.45) is 0 Å². The fourth-order valence-electron chi connectivity index (χ4n) is 1.61. The zero-order valence-electron chi connectivity index (χ0n) is 8.73. The maximum atomic E-state index is 13.0. The number of halogens is 1. The molecule has 1 aromatic carbocycles. The Morgan fingerprint density at radius 2 is 2.06 bits per heavy atom. The maximum absolute atomic E-state index is 13.0. The summed E-state index contributed by atoms with van der Waals surface area (Å²) in [6.45, 7) is -0.0432. The molecule has 2 rings (SSSR count). The maximum Gasteiger partial charge on any atom is 0.123 e. The minimum atomic E-state index is -0.251. The van der Waals surface area contributed by atoms with Crippen molar-refractivity contribution in [1.29, 1.82) is 0 Å². The topological polar surface area (TPSA) is 33.1 Å². The molecule has 0 aliphatic rings. The molecule has 0 fully saturated rings. The molecule has 2 aromatic rings. The van der Waals surface area contributed by atoms with Crippen LogP contribution in [0.15, 0.2) is 42.6 Å². The van der Waals surface area contributed by atoms with Crippen molar-refractivity contribution in [2.75, 3.05) is 0 Å². The van der Waals surface area contributed by atoms with Gasteiger partial charge in [-0.05, 0) is 29.3 Å². The third-order valence-corrected chi connectivity index (χ3v) is 2.42. The van der Waals surface area contributed by atoms with Crippen LogP contribution in [0.25, 0.3) is 0 Å². The van der Waals surface area contributed by atoms with Gasteiger partial charge in [-0.3, -0.25) is 4.98 Å². The lowest BCUT2D eigenvalue weighted by atomic mass is 10.1. The largest absolute Gasteiger partial charge is 0.392 e. The van der Waals surface area contributed by atoms with Gasteiger partial charge in [-0.15, -0.1) is 0 Å². The van der Waals surface area contributed by atoms with E-state index in [-0.39, 0.29) is 12.4 Å². The first-order valence-corrected chi connectivity index (χ1v) is 5.07. The van der Waals surface area contributed by atoms with E-state index in [0.717, 1.165) is 16.8 Å². The van der Waals surface area contributed by atoms with Gasteiger partial charge in [0, 0.05) is 12.6 Å². The third-order valence-electron chi connectivity index (χ3n) is 2.42. The normalized spacial score (nSPS) is 10.4. The first-order valence-electron chi connectivity index (χ1n) is 5.07. The minimum absolute atomic E-state index is 0.0432. The number of aliphatic hydroxyl groups is 1. The third kappa shape index (κ3) is 2.44. The van der Waals surface area contributed by atoms with Crippen molar-refractivity contribution < 1.29 is 9.50 Å². The molecule has 3 heteroatoms. The van der Waals surface area contributed by atoms with Gasteiger partial charge < -0.3 is 5.11 Å². The summed E-state index contributed by atoms with van der Waals surface area (Å²) in [6, 6.07) is 10.0. The average molecular weight is 217 g/mol. The van der Waals surface area contributed by atoms with E-state index in [0.29, 0.717) is 6.42 Å². The van der Waals surface area contributed by atoms with Crippen LogP contribution < -0.4 is 0 Å². The molecule has 0 saturated heterocycles. The van der Waals surface area contributed by atoms with E-state index in [4.69, 9.17) is 5.11 Å². The number of aromatic nitrogens is 1. The number of rotatable bonds is 3. The molecular weight excluding hydrogens is 205 g/mol. The van der Waals surface area contributed by atoms with E-state index in [1.54, 1.807) is 18.3 Å². The predicted molar refractivity (Wildman–Crippen MR) is 59.4 cm³/mol. The van der Waals surface area contributed by atoms with Crippen LogP contribution in [0.5, 0.6) is 0 Å². The summed E-state index contributed by atoms with van der Waals surface area (Å²) in [5.74, 6) is -0.251. The molecule has 0 radical (unpaired) electrons. The fraction of sp³-hybridized carbons (Fsp3) is 0.154. The lowest BCUT2D eigenvalue weighted by Gasteiger charge is -2.05. The molecule has 0 saturated carbocycles. The highest BCUT2D eigenvalue weighted by atomic mass is 19.1. The number of hydrogen-bond acceptors (Lipinski definition) is 2. The fourth-order valence-corrected chi connectivity index (χ4v) is 1.61. The van der Waals surface area contributed by atoms with Crippen molar-refractivity contribution >= 4 is 0 Å². The molecule has 1 aromatic heterocycles. The Morgan fingerprint density at radius 1 is 1.19 bits per heavy atom. The minimum Gasteiger partial charge on any atom is -0.392 e. The Bertz CT molecular complexity index is 485. The zero-order chi connectivity index (χ0) is 11.4. The molecule has 0 unspecified atom stereocenters. The van der Waals surface area contributed by atoms with Gasteiger partial charge in [-0.2, -0.15) is 0 Å². The second kappa shape index (κ2) is 4.86. The number of hydrogen-bond donors (Lipinski definition) is 1. The van der Waals surface area contributed by atoms with E-state index in [2.05, 4.69) is 4.98 Å². The second-order valence-electron chi connectivity index (χ2n) is 3.57. The molecule has 0 spiro atoms. The van der Waals surface area contributed by atoms with Crippen molar-refractivity contribution in [3.8, 4) is 0 Å². The van der Waals surface area contributed by atoms with E-state index < -0.39 is 0 Å². The van der Waals surface area contributed by atoms with Gasteiger partial charge in [0.25, 0.3) is 0 Å². The van der Waals surface area contributed by atoms with Crippen LogP contribution in [-0.2, 0) is 13.0 Å². The predicted octanol–water partition coefficient (Wildman–Crippen LogP) is 2.30. The summed E-state index contributed by atoms with van der Waals surface area (Å²) >= 11 is 0. The highest BCUT2D eigenvalue weighted by Crippen LogP contribution is 2.12. The Kier molecular flexibility index (Phi) is 3.27. The first kappa shape index (κ1) is 10.8. The van der Waals surface area contributed by atoms with Crippen LogP contribution in [0, 0.1) is 5.82 Å². The van der Waals surface area contributed by atoms with Crippen molar-refractivity contribution in [2.45, 2.75) is 13.0 Å². The Morgan fingerprint density at radius 3 is 2.81 bits per heavy atom. The van der Waals surface area contributed by atoms with Gasteiger partial charge in [0.15, 0.2) is 0 Å². The molecular formula is C13H12FNO. The molecule has 16 heavy (non-hydrogen) atoms. The summed E-state index contributed by atoms with van der Waals surface area (Å²) in [5.41, 5.74) is 2.43. The molecule has 2 nitrogen and oxygen atoms in total. The Labute approximate surface area is 93.4 Å². The van der Waals surface area contributed by atoms with Crippen LogP contribution in [0.4, 0.5) is 4.39 Å². The molecule has 0 bridgehead atoms. The van der Waals surface area contributed by atoms with Crippen molar-refractivity contribution in [1.82, 2.24) is 4.98 Å². The SMILES string of the molecule is OCc1cccnc1Cc1cccc(F)c1. The van der Waals surface area contributed by atoms with Crippen LogP contribution in [-0.4, -0.2) is 10.1 Å². The molecule has 1 heterocycles. The quantitative estimate of drug-likeness (QED) is 0.855. The summed E-state index contributed by atoms with van der Waals surface area (Å²) in [4.78, 5) is 4.19. The van der Waals surface area contributed by atoms with E-state index >= 15 is 0 Å². The van der Waals surface area contributed by atoms with Gasteiger partial charge in [0.2, 0.25) is 0 Å². The summed E-state index contributed by atoms with van der Waals surface area (Å²) < 4.78 is 13.0. The van der Waals surface area contributed by atoms with Crippen LogP contribution >= 0.6 is 0 Å². The lowest BCUT2D eigenvalue weighted by molar-refractivity contribution is 0.280. The average Bonchev–Trinajstić information content (AvgIpc) is 2.30. The Hall–Kier alpha value is -1.74. The molecule has 82 valence electrons. The molecule has 1 N–H and O–H groups in total. The molecule has 0 aliphatic carbocycles. The highest BCUT2D eigenvalue weighted by Gasteiger charge is 2.04. The standard InChI is InChI=1S/C13H12FNO/c14-12-5-1-3-10(7-12)8-13-11(9-16)4-2-6-15-13/h1-7,16H,8-9H2. The number of aliphatic hydroxyl groups excluding tert-OH is 1. The highest BCUT2D eigenvalue weighted by molar-refractivity contribution is 5.27. The van der Waals surface area contributed by atoms with Gasteiger partial charge in [0.1, 0.15) is 5.82 Å². The monoisotopic (exact) mass is 217 g/mol. The molecule has 0 aliphatic heterocycles. The van der Waals surface area contributed by atoms with Crippen molar-refractivity contribution in [3.05, 3.63) is 65.2 Å². The van der Waals surface area contributed by atoms with Gasteiger partial charge in [-0.25, -0.2) is 4.39 Å². The van der Waals surface area contributed by atoms with Crippen LogP contribution in [0.1, 0.15) is 16.8 Å². The number of pyridine rings is 1. The van der Waals surface area contributed by atoms with Gasteiger partial charge >= 0.3 is 0 Å². The Balaban J connectivity index is 2.26. The first-order chi connectivity index (χ1) is 7.79. The zero-order valence-corrected chi connectivity index (χ0v) is 8.73. The summed E-state index contributed by atoms with van der Waals surface area (Å²) in [5, 5.41) is 9.14. The second-order valence-corrected chi connectivity index (χ2v) is 3.57. The van der Waals surface area contributed by atoms with E-state index in [9.17, 15) is 4.39 Å². The smallest absolute Gasteiger partial charge is 0.123 e. The van der Waals surface area contributed by atoms with E-state index in [1.807, 2.05) is 12.1 Å². The number of benzene rings is 1. The van der Waals surface area contributed by atoms with E-state index in [1.165, 1.54) is 12.1 Å². The van der Waals surface area contributed by atoms with Gasteiger partial charge in [0.05, 0.1) is 12.3 Å². The molecule has 0 atom stereocenters. The molecule has 0 amide bonds. The summed E-state index contributed by atoms with van der Waals surface area (Å²) in [7, 11) is 0. The lowest BCUT2D eigenvalue weighted by Crippen LogP contribution is -1.98.